The fourth-order valence-corrected chi connectivity index (χ4v) is 4.94. The Labute approximate surface area is 168 Å². The molecule has 8 heteroatoms. The number of alkyl halides is 1. The third-order valence-electron chi connectivity index (χ3n) is 6.02. The second-order valence-electron chi connectivity index (χ2n) is 7.78. The number of likely N-dealkylation sites (tertiary alicyclic amines) is 1. The largest absolute Gasteiger partial charge is 0.366 e. The lowest BCUT2D eigenvalue weighted by Gasteiger charge is -2.34. The molecule has 1 N–H and O–H groups in total. The lowest BCUT2D eigenvalue weighted by molar-refractivity contribution is -0.139. The Bertz CT molecular complexity index is 753. The number of halogens is 1. The first-order valence-corrected chi connectivity index (χ1v) is 10.3. The maximum absolute atomic E-state index is 13.5. The number of rotatable bonds is 4. The third-order valence-corrected chi connectivity index (χ3v) is 6.41. The smallest absolute Gasteiger partial charge is 0.252 e. The summed E-state index contributed by atoms with van der Waals surface area (Å²) in [5.74, 6) is -0.605. The van der Waals surface area contributed by atoms with E-state index in [0.29, 0.717) is 5.56 Å². The van der Waals surface area contributed by atoms with Crippen LogP contribution in [-0.4, -0.2) is 64.2 Å². The molecule has 0 spiro atoms. The third kappa shape index (κ3) is 3.65. The number of hydrogen-bond acceptors (Lipinski definition) is 5. The monoisotopic (exact) mass is 405 g/mol. The first kappa shape index (κ1) is 19.3. The fourth-order valence-electron chi connectivity index (χ4n) is 4.58. The molecule has 3 aliphatic rings. The van der Waals surface area contributed by atoms with E-state index in [9.17, 15) is 14.4 Å². The van der Waals surface area contributed by atoms with Gasteiger partial charge in [-0.1, -0.05) is 19.3 Å². The Kier molecular flexibility index (Phi) is 5.64. The summed E-state index contributed by atoms with van der Waals surface area (Å²) in [6.07, 6.45) is 7.60. The molecule has 0 unspecified atom stereocenters. The summed E-state index contributed by atoms with van der Waals surface area (Å²) in [6.45, 7) is 0.246. The quantitative estimate of drug-likeness (QED) is 0.768. The summed E-state index contributed by atoms with van der Waals surface area (Å²) in [5.41, 5.74) is 0.457. The van der Waals surface area contributed by atoms with Gasteiger partial charge in [-0.25, -0.2) is 0 Å². The van der Waals surface area contributed by atoms with Crippen LogP contribution in [0, 0.1) is 5.92 Å². The van der Waals surface area contributed by atoms with Gasteiger partial charge in [-0.15, -0.1) is 11.6 Å². The summed E-state index contributed by atoms with van der Waals surface area (Å²) >= 11 is 6.34. The van der Waals surface area contributed by atoms with Crippen molar-refractivity contribution < 1.29 is 19.1 Å². The first-order chi connectivity index (χ1) is 13.6. The number of Topliss-reactive ketones (excluding diaryl/α,β-unsaturated/α-hetero) is 1. The lowest BCUT2D eigenvalue weighted by Crippen LogP contribution is -2.55. The predicted octanol–water partition coefficient (Wildman–Crippen LogP) is 1.55. The number of ketones is 1. The fraction of sp³-hybridized carbons (Fsp3) is 0.600. The molecule has 0 aromatic carbocycles. The molecule has 2 saturated heterocycles. The highest BCUT2D eigenvalue weighted by Crippen LogP contribution is 2.34. The number of nitrogens with zero attached hydrogens (tertiary/aromatic N) is 2. The van der Waals surface area contributed by atoms with E-state index in [4.69, 9.17) is 16.3 Å². The Hall–Kier alpha value is -1.99. The molecular weight excluding hydrogens is 382 g/mol. The van der Waals surface area contributed by atoms with Gasteiger partial charge < -0.3 is 15.0 Å². The number of amides is 2. The molecule has 0 radical (unpaired) electrons. The molecule has 2 amide bonds. The zero-order valence-electron chi connectivity index (χ0n) is 15.6. The molecule has 3 fully saturated rings. The Balaban J connectivity index is 1.57. The van der Waals surface area contributed by atoms with Crippen molar-refractivity contribution in [3.05, 3.63) is 30.1 Å². The number of fused-ring (bicyclic) bond motifs is 1. The highest BCUT2D eigenvalue weighted by atomic mass is 35.5. The lowest BCUT2D eigenvalue weighted by atomic mass is 9.83. The Morgan fingerprint density at radius 2 is 1.93 bits per heavy atom. The van der Waals surface area contributed by atoms with Crippen LogP contribution in [0.4, 0.5) is 0 Å². The zero-order valence-corrected chi connectivity index (χ0v) is 16.3. The molecule has 3 heterocycles. The maximum atomic E-state index is 13.5. The minimum absolute atomic E-state index is 0.0141. The topological polar surface area (TPSA) is 88.6 Å². The molecule has 150 valence electrons. The van der Waals surface area contributed by atoms with Crippen LogP contribution in [0.3, 0.4) is 0 Å². The van der Waals surface area contributed by atoms with Gasteiger partial charge in [0.25, 0.3) is 5.91 Å². The standard InChI is InChI=1S/C20H24ClN3O4/c21-14-10-24(17-15(25)11-28-18(14)17)20(27)16(12-4-2-1-3-5-12)23-19(26)13-6-8-22-9-7-13/h6-9,12,14,16-18H,1-5,10-11H2,(H,23,26)/t14-,16-,17+,18+/m0/s1. The first-order valence-electron chi connectivity index (χ1n) is 9.86. The number of hydrogen-bond donors (Lipinski definition) is 1. The molecule has 1 aromatic rings. The van der Waals surface area contributed by atoms with Gasteiger partial charge in [0.15, 0.2) is 5.78 Å². The van der Waals surface area contributed by atoms with Gasteiger partial charge in [0.1, 0.15) is 24.8 Å². The van der Waals surface area contributed by atoms with Gasteiger partial charge in [-0.05, 0) is 30.9 Å². The molecular formula is C20H24ClN3O4. The molecule has 7 nitrogen and oxygen atoms in total. The van der Waals surface area contributed by atoms with Crippen molar-refractivity contribution in [1.82, 2.24) is 15.2 Å². The van der Waals surface area contributed by atoms with Crippen molar-refractivity contribution in [1.29, 1.82) is 0 Å². The molecule has 2 aliphatic heterocycles. The second-order valence-corrected chi connectivity index (χ2v) is 8.34. The summed E-state index contributed by atoms with van der Waals surface area (Å²) < 4.78 is 5.49. The van der Waals surface area contributed by atoms with Gasteiger partial charge in [-0.2, -0.15) is 0 Å². The second kappa shape index (κ2) is 8.17. The van der Waals surface area contributed by atoms with E-state index < -0.39 is 23.6 Å². The number of pyridine rings is 1. The maximum Gasteiger partial charge on any atom is 0.252 e. The van der Waals surface area contributed by atoms with Crippen LogP contribution in [0.5, 0.6) is 0 Å². The minimum atomic E-state index is -0.669. The Morgan fingerprint density at radius 3 is 2.64 bits per heavy atom. The van der Waals surface area contributed by atoms with Gasteiger partial charge >= 0.3 is 0 Å². The van der Waals surface area contributed by atoms with E-state index in [0.717, 1.165) is 32.1 Å². The van der Waals surface area contributed by atoms with Crippen LogP contribution < -0.4 is 5.32 Å². The van der Waals surface area contributed by atoms with Crippen molar-refractivity contribution in [2.24, 2.45) is 5.92 Å². The van der Waals surface area contributed by atoms with E-state index in [-0.39, 0.29) is 36.7 Å². The van der Waals surface area contributed by atoms with E-state index in [1.165, 1.54) is 4.90 Å². The van der Waals surface area contributed by atoms with Gasteiger partial charge in [0, 0.05) is 24.5 Å². The molecule has 1 aliphatic carbocycles. The Morgan fingerprint density at radius 1 is 1.21 bits per heavy atom. The van der Waals surface area contributed by atoms with Crippen molar-refractivity contribution in [3.8, 4) is 0 Å². The van der Waals surface area contributed by atoms with Crippen LogP contribution in [0.25, 0.3) is 0 Å². The molecule has 0 bridgehead atoms. The highest BCUT2D eigenvalue weighted by molar-refractivity contribution is 6.22. The van der Waals surface area contributed by atoms with E-state index in [1.807, 2.05) is 0 Å². The molecule has 4 rings (SSSR count). The number of aromatic nitrogens is 1. The molecule has 1 aromatic heterocycles. The van der Waals surface area contributed by atoms with Crippen LogP contribution >= 0.6 is 11.6 Å². The highest BCUT2D eigenvalue weighted by Gasteiger charge is 2.53. The molecule has 28 heavy (non-hydrogen) atoms. The van der Waals surface area contributed by atoms with Crippen molar-refractivity contribution >= 4 is 29.2 Å². The van der Waals surface area contributed by atoms with Crippen LogP contribution in [-0.2, 0) is 14.3 Å². The summed E-state index contributed by atoms with van der Waals surface area (Å²) in [7, 11) is 0. The number of carbonyl (C=O) groups is 3. The van der Waals surface area contributed by atoms with Crippen molar-refractivity contribution in [2.45, 2.75) is 55.7 Å². The van der Waals surface area contributed by atoms with E-state index in [2.05, 4.69) is 10.3 Å². The molecule has 1 saturated carbocycles. The van der Waals surface area contributed by atoms with Crippen LogP contribution in [0.15, 0.2) is 24.5 Å². The average Bonchev–Trinajstić information content (AvgIpc) is 3.27. The van der Waals surface area contributed by atoms with E-state index >= 15 is 0 Å². The van der Waals surface area contributed by atoms with Gasteiger partial charge in [0.05, 0.1) is 5.38 Å². The average molecular weight is 406 g/mol. The predicted molar refractivity (Wildman–Crippen MR) is 102 cm³/mol. The minimum Gasteiger partial charge on any atom is -0.366 e. The number of ether oxygens (including phenoxy) is 1. The zero-order chi connectivity index (χ0) is 19.7. The van der Waals surface area contributed by atoms with Crippen molar-refractivity contribution in [3.63, 3.8) is 0 Å². The summed E-state index contributed by atoms with van der Waals surface area (Å²) in [5, 5.41) is 2.52. The van der Waals surface area contributed by atoms with Crippen molar-refractivity contribution in [2.75, 3.05) is 13.2 Å². The SMILES string of the molecule is O=C(N[C@H](C(=O)N1C[C@H](Cl)[C@H]2OCC(=O)[C@H]21)C1CCCCC1)c1ccncc1. The van der Waals surface area contributed by atoms with Gasteiger partial charge in [0.2, 0.25) is 5.91 Å². The summed E-state index contributed by atoms with van der Waals surface area (Å²) in [6, 6.07) is 1.93. The van der Waals surface area contributed by atoms with E-state index in [1.54, 1.807) is 24.5 Å². The summed E-state index contributed by atoms with van der Waals surface area (Å²) in [4.78, 5) is 44.0. The van der Waals surface area contributed by atoms with Gasteiger partial charge in [-0.3, -0.25) is 19.4 Å². The van der Waals surface area contributed by atoms with Crippen LogP contribution in [0.2, 0.25) is 0 Å². The number of nitrogens with one attached hydrogen (secondary N) is 1. The normalized spacial score (nSPS) is 28.8. The molecule has 4 atom stereocenters. The number of carbonyl (C=O) groups excluding carboxylic acids is 3. The van der Waals surface area contributed by atoms with Crippen LogP contribution in [0.1, 0.15) is 42.5 Å².